The van der Waals surface area contributed by atoms with Gasteiger partial charge in [-0.3, -0.25) is 14.6 Å². The molecule has 2 N–H and O–H groups in total. The third-order valence-corrected chi connectivity index (χ3v) is 2.59. The van der Waals surface area contributed by atoms with E-state index in [9.17, 15) is 9.59 Å². The van der Waals surface area contributed by atoms with Crippen LogP contribution in [0.15, 0.2) is 35.5 Å². The molecule has 2 heterocycles. The highest BCUT2D eigenvalue weighted by molar-refractivity contribution is 6.04. The lowest BCUT2D eigenvalue weighted by Crippen LogP contribution is -2.22. The molecule has 2 rings (SSSR count). The number of nitrogens with one attached hydrogen (secondary N) is 2. The van der Waals surface area contributed by atoms with Gasteiger partial charge in [-0.05, 0) is 25.5 Å². The van der Waals surface area contributed by atoms with Crippen LogP contribution in [0.4, 0.5) is 5.69 Å². The molecule has 0 aliphatic carbocycles. The number of aryl methyl sites for hydroxylation is 2. The van der Waals surface area contributed by atoms with Crippen LogP contribution in [0.1, 0.15) is 21.6 Å². The lowest BCUT2D eigenvalue weighted by Gasteiger charge is -2.07. The number of carbonyl (C=O) groups excluding carboxylic acids is 1. The molecule has 5 heteroatoms. The van der Waals surface area contributed by atoms with Crippen molar-refractivity contribution < 1.29 is 4.79 Å². The van der Waals surface area contributed by atoms with Gasteiger partial charge in [0.25, 0.3) is 5.91 Å². The molecule has 0 aliphatic rings. The number of hydrogen-bond donors (Lipinski definition) is 2. The number of H-pyrrole nitrogens is 1. The maximum Gasteiger partial charge on any atom is 0.261 e. The first kappa shape index (κ1) is 12.0. The first-order valence-corrected chi connectivity index (χ1v) is 5.49. The van der Waals surface area contributed by atoms with Gasteiger partial charge in [-0.1, -0.05) is 0 Å². The highest BCUT2D eigenvalue weighted by atomic mass is 16.2. The van der Waals surface area contributed by atoms with E-state index in [1.54, 1.807) is 25.4 Å². The van der Waals surface area contributed by atoms with Crippen LogP contribution >= 0.6 is 0 Å². The average Bonchev–Trinajstić information content (AvgIpc) is 2.32. The number of hydrogen-bond acceptors (Lipinski definition) is 3. The first-order chi connectivity index (χ1) is 8.58. The van der Waals surface area contributed by atoms with Crippen LogP contribution in [0.2, 0.25) is 0 Å². The summed E-state index contributed by atoms with van der Waals surface area (Å²) in [5.41, 5.74) is 1.99. The van der Waals surface area contributed by atoms with Gasteiger partial charge in [0, 0.05) is 24.2 Å². The van der Waals surface area contributed by atoms with Gasteiger partial charge in [0.1, 0.15) is 5.56 Å². The second kappa shape index (κ2) is 4.83. The fourth-order valence-corrected chi connectivity index (χ4v) is 1.54. The highest BCUT2D eigenvalue weighted by Gasteiger charge is 2.11. The van der Waals surface area contributed by atoms with E-state index in [2.05, 4.69) is 15.3 Å². The molecule has 0 saturated heterocycles. The summed E-state index contributed by atoms with van der Waals surface area (Å²) in [5, 5.41) is 2.67. The van der Waals surface area contributed by atoms with Crippen molar-refractivity contribution in [1.82, 2.24) is 9.97 Å². The third-order valence-electron chi connectivity index (χ3n) is 2.59. The summed E-state index contributed by atoms with van der Waals surface area (Å²) in [4.78, 5) is 30.4. The number of nitrogens with zero attached hydrogens (tertiary/aromatic N) is 1. The van der Waals surface area contributed by atoms with Gasteiger partial charge in [-0.25, -0.2) is 0 Å². The molecular formula is C13H13N3O2. The van der Waals surface area contributed by atoms with Gasteiger partial charge in [0.2, 0.25) is 0 Å². The molecule has 92 valence electrons. The number of aromatic nitrogens is 2. The second-order valence-corrected chi connectivity index (χ2v) is 4.04. The van der Waals surface area contributed by atoms with Crippen LogP contribution in [0.3, 0.4) is 0 Å². The molecule has 2 aromatic heterocycles. The Morgan fingerprint density at radius 3 is 2.83 bits per heavy atom. The zero-order valence-corrected chi connectivity index (χ0v) is 10.2. The van der Waals surface area contributed by atoms with Crippen molar-refractivity contribution in [3.63, 3.8) is 0 Å². The lowest BCUT2D eigenvalue weighted by molar-refractivity contribution is 0.102. The smallest absolute Gasteiger partial charge is 0.261 e. The zero-order chi connectivity index (χ0) is 13.1. The molecule has 5 nitrogen and oxygen atoms in total. The molecule has 0 spiro atoms. The van der Waals surface area contributed by atoms with Crippen LogP contribution in [-0.4, -0.2) is 15.9 Å². The summed E-state index contributed by atoms with van der Waals surface area (Å²) < 4.78 is 0. The van der Waals surface area contributed by atoms with E-state index in [4.69, 9.17) is 0 Å². The quantitative estimate of drug-likeness (QED) is 0.842. The summed E-state index contributed by atoms with van der Waals surface area (Å²) >= 11 is 0. The molecular weight excluding hydrogens is 230 g/mol. The summed E-state index contributed by atoms with van der Waals surface area (Å²) in [5.74, 6) is -0.438. The van der Waals surface area contributed by atoms with Crippen molar-refractivity contribution in [2.45, 2.75) is 13.8 Å². The van der Waals surface area contributed by atoms with Crippen LogP contribution in [-0.2, 0) is 0 Å². The molecule has 2 aromatic rings. The van der Waals surface area contributed by atoms with E-state index in [0.717, 1.165) is 5.56 Å². The number of anilines is 1. The standard InChI is InChI=1S/C13H13N3O2/c1-8-3-4-14-7-11(8)16-13(18)10-6-15-9(2)5-12(10)17/h3-7H,1-2H3,(H,15,17)(H,16,18). The van der Waals surface area contributed by atoms with Crippen molar-refractivity contribution >= 4 is 11.6 Å². The SMILES string of the molecule is Cc1cc(=O)c(C(=O)Nc2cnccc2C)c[nH]1. The molecule has 0 fully saturated rings. The Hall–Kier alpha value is -2.43. The van der Waals surface area contributed by atoms with E-state index in [1.807, 2.05) is 6.92 Å². The van der Waals surface area contributed by atoms with Crippen LogP contribution in [0.5, 0.6) is 0 Å². The minimum Gasteiger partial charge on any atom is -0.364 e. The Labute approximate surface area is 104 Å². The molecule has 0 unspecified atom stereocenters. The van der Waals surface area contributed by atoms with Gasteiger partial charge < -0.3 is 10.3 Å². The summed E-state index contributed by atoms with van der Waals surface area (Å²) in [7, 11) is 0. The van der Waals surface area contributed by atoms with Gasteiger partial charge in [-0.15, -0.1) is 0 Å². The van der Waals surface area contributed by atoms with Crippen molar-refractivity contribution in [2.75, 3.05) is 5.32 Å². The molecule has 0 aliphatic heterocycles. The Morgan fingerprint density at radius 1 is 1.39 bits per heavy atom. The van der Waals surface area contributed by atoms with Crippen molar-refractivity contribution in [3.8, 4) is 0 Å². The second-order valence-electron chi connectivity index (χ2n) is 4.04. The Bertz CT molecular complexity index is 647. The van der Waals surface area contributed by atoms with Crippen LogP contribution in [0.25, 0.3) is 0 Å². The normalized spacial score (nSPS) is 10.1. The van der Waals surface area contributed by atoms with E-state index < -0.39 is 5.91 Å². The number of rotatable bonds is 2. The molecule has 0 radical (unpaired) electrons. The van der Waals surface area contributed by atoms with E-state index >= 15 is 0 Å². The van der Waals surface area contributed by atoms with Crippen LogP contribution < -0.4 is 10.7 Å². The van der Waals surface area contributed by atoms with Gasteiger partial charge in [0.15, 0.2) is 5.43 Å². The third kappa shape index (κ3) is 2.45. The maximum absolute atomic E-state index is 11.9. The average molecular weight is 243 g/mol. The van der Waals surface area contributed by atoms with Gasteiger partial charge in [-0.2, -0.15) is 0 Å². The molecule has 0 atom stereocenters. The van der Waals surface area contributed by atoms with Crippen molar-refractivity contribution in [2.24, 2.45) is 0 Å². The van der Waals surface area contributed by atoms with Crippen molar-refractivity contribution in [1.29, 1.82) is 0 Å². The van der Waals surface area contributed by atoms with Crippen LogP contribution in [0, 0.1) is 13.8 Å². The number of carbonyl (C=O) groups is 1. The summed E-state index contributed by atoms with van der Waals surface area (Å²) in [6, 6.07) is 3.18. The summed E-state index contributed by atoms with van der Waals surface area (Å²) in [6.07, 6.45) is 4.61. The molecule has 1 amide bonds. The summed E-state index contributed by atoms with van der Waals surface area (Å²) in [6.45, 7) is 3.62. The Kier molecular flexibility index (Phi) is 3.23. The topological polar surface area (TPSA) is 74.8 Å². The highest BCUT2D eigenvalue weighted by Crippen LogP contribution is 2.12. The minimum atomic E-state index is -0.438. The number of pyridine rings is 2. The predicted molar refractivity (Wildman–Crippen MR) is 68.7 cm³/mol. The predicted octanol–water partition coefficient (Wildman–Crippen LogP) is 1.64. The number of aromatic amines is 1. The van der Waals surface area contributed by atoms with Gasteiger partial charge in [0.05, 0.1) is 11.9 Å². The fourth-order valence-electron chi connectivity index (χ4n) is 1.54. The molecule has 0 saturated carbocycles. The minimum absolute atomic E-state index is 0.0869. The van der Waals surface area contributed by atoms with E-state index in [0.29, 0.717) is 11.4 Å². The van der Waals surface area contributed by atoms with Crippen molar-refractivity contribution in [3.05, 3.63) is 57.8 Å². The largest absolute Gasteiger partial charge is 0.364 e. The Morgan fingerprint density at radius 2 is 2.17 bits per heavy atom. The maximum atomic E-state index is 11.9. The monoisotopic (exact) mass is 243 g/mol. The van der Waals surface area contributed by atoms with Gasteiger partial charge >= 0.3 is 0 Å². The molecule has 18 heavy (non-hydrogen) atoms. The number of amides is 1. The lowest BCUT2D eigenvalue weighted by atomic mass is 10.2. The first-order valence-electron chi connectivity index (χ1n) is 5.49. The molecule has 0 aromatic carbocycles. The van der Waals surface area contributed by atoms with E-state index in [-0.39, 0.29) is 11.0 Å². The molecule has 0 bridgehead atoms. The Balaban J connectivity index is 2.28. The fraction of sp³-hybridized carbons (Fsp3) is 0.154. The zero-order valence-electron chi connectivity index (χ0n) is 10.2. The van der Waals surface area contributed by atoms with E-state index in [1.165, 1.54) is 12.3 Å².